The number of aryl methyl sites for hydroxylation is 1. The molecule has 2 aromatic heterocycles. The summed E-state index contributed by atoms with van der Waals surface area (Å²) in [5, 5.41) is 7.86. The van der Waals surface area contributed by atoms with Crippen molar-refractivity contribution >= 4 is 33.3 Å². The van der Waals surface area contributed by atoms with E-state index in [1.54, 1.807) is 11.3 Å². The molecule has 2 aromatic rings. The number of nitrogens with one attached hydrogen (secondary N) is 2. The van der Waals surface area contributed by atoms with Crippen LogP contribution in [-0.4, -0.2) is 23.1 Å². The molecule has 0 fully saturated rings. The van der Waals surface area contributed by atoms with E-state index in [0.29, 0.717) is 11.9 Å². The van der Waals surface area contributed by atoms with Crippen molar-refractivity contribution in [2.75, 3.05) is 23.7 Å². The molecule has 1 unspecified atom stereocenters. The molecule has 2 N–H and O–H groups in total. The maximum Gasteiger partial charge on any atom is 0.226 e. The number of aromatic nitrogens is 2. The maximum absolute atomic E-state index is 4.63. The molecule has 21 heavy (non-hydrogen) atoms. The van der Waals surface area contributed by atoms with E-state index in [9.17, 15) is 0 Å². The van der Waals surface area contributed by atoms with Crippen molar-refractivity contribution in [3.63, 3.8) is 0 Å². The van der Waals surface area contributed by atoms with Gasteiger partial charge in [0.15, 0.2) is 0 Å². The second kappa shape index (κ2) is 6.18. The van der Waals surface area contributed by atoms with Crippen LogP contribution in [0.2, 0.25) is 0 Å². The molecule has 2 rings (SSSR count). The van der Waals surface area contributed by atoms with Gasteiger partial charge in [0.25, 0.3) is 0 Å². The van der Waals surface area contributed by atoms with E-state index >= 15 is 0 Å². The number of thiophene rings is 1. The van der Waals surface area contributed by atoms with Gasteiger partial charge < -0.3 is 10.6 Å². The minimum atomic E-state index is 0.286. The molecule has 0 aromatic carbocycles. The van der Waals surface area contributed by atoms with E-state index in [1.807, 2.05) is 0 Å². The Balaban J connectivity index is 2.28. The third kappa shape index (κ3) is 3.84. The number of hydrogen-bond donors (Lipinski definition) is 2. The van der Waals surface area contributed by atoms with Crippen molar-refractivity contribution in [1.82, 2.24) is 9.97 Å². The highest BCUT2D eigenvalue weighted by Crippen LogP contribution is 2.31. The molecule has 0 aliphatic heterocycles. The van der Waals surface area contributed by atoms with Crippen LogP contribution in [0, 0.1) is 18.3 Å². The summed E-state index contributed by atoms with van der Waals surface area (Å²) in [6.07, 6.45) is 0. The Morgan fingerprint density at radius 3 is 2.57 bits per heavy atom. The summed E-state index contributed by atoms with van der Waals surface area (Å²) >= 11 is 1.72. The predicted molar refractivity (Wildman–Crippen MR) is 93.4 cm³/mol. The van der Waals surface area contributed by atoms with Gasteiger partial charge >= 0.3 is 0 Å². The van der Waals surface area contributed by atoms with Crippen LogP contribution in [0.1, 0.15) is 39.5 Å². The van der Waals surface area contributed by atoms with Gasteiger partial charge in [-0.1, -0.05) is 27.7 Å². The molecular weight excluding hydrogens is 280 g/mol. The normalized spacial score (nSPS) is 13.4. The Hall–Kier alpha value is -1.36. The number of nitrogens with zero attached hydrogens (tertiary/aromatic N) is 2. The first kappa shape index (κ1) is 16.0. The molecule has 116 valence electrons. The van der Waals surface area contributed by atoms with Gasteiger partial charge in [-0.05, 0) is 31.2 Å². The van der Waals surface area contributed by atoms with Crippen LogP contribution in [0.15, 0.2) is 6.07 Å². The topological polar surface area (TPSA) is 49.8 Å². The standard InChI is InChI=1S/C16H26N4S/c1-7-17-15-19-13(18-9-10(2)16(4,5)6)12-8-11(3)21-14(12)20-15/h8,10H,7,9H2,1-6H3,(H2,17,18,19,20). The smallest absolute Gasteiger partial charge is 0.226 e. The monoisotopic (exact) mass is 306 g/mol. The van der Waals surface area contributed by atoms with E-state index in [2.05, 4.69) is 68.2 Å². The highest BCUT2D eigenvalue weighted by atomic mass is 32.1. The Kier molecular flexibility index (Phi) is 4.71. The Labute approximate surface area is 131 Å². The van der Waals surface area contributed by atoms with Gasteiger partial charge in [0.1, 0.15) is 10.6 Å². The fourth-order valence-electron chi connectivity index (χ4n) is 1.97. The summed E-state index contributed by atoms with van der Waals surface area (Å²) < 4.78 is 0. The molecule has 0 bridgehead atoms. The van der Waals surface area contributed by atoms with Crippen molar-refractivity contribution < 1.29 is 0 Å². The number of rotatable bonds is 5. The minimum absolute atomic E-state index is 0.286. The molecule has 0 saturated carbocycles. The van der Waals surface area contributed by atoms with Gasteiger partial charge in [-0.2, -0.15) is 4.98 Å². The van der Waals surface area contributed by atoms with Crippen molar-refractivity contribution in [3.8, 4) is 0 Å². The quantitative estimate of drug-likeness (QED) is 0.852. The lowest BCUT2D eigenvalue weighted by Gasteiger charge is -2.27. The summed E-state index contributed by atoms with van der Waals surface area (Å²) in [5.41, 5.74) is 0.286. The molecule has 4 nitrogen and oxygen atoms in total. The molecule has 1 atom stereocenters. The van der Waals surface area contributed by atoms with Crippen molar-refractivity contribution in [2.24, 2.45) is 11.3 Å². The van der Waals surface area contributed by atoms with Crippen LogP contribution in [0.5, 0.6) is 0 Å². The molecule has 0 aliphatic rings. The van der Waals surface area contributed by atoms with Crippen LogP contribution in [-0.2, 0) is 0 Å². The first-order chi connectivity index (χ1) is 9.81. The molecule has 0 radical (unpaired) electrons. The zero-order valence-electron chi connectivity index (χ0n) is 13.9. The van der Waals surface area contributed by atoms with Gasteiger partial charge in [0, 0.05) is 18.0 Å². The Morgan fingerprint density at radius 2 is 1.95 bits per heavy atom. The third-order valence-corrected chi connectivity index (χ3v) is 4.85. The van der Waals surface area contributed by atoms with Crippen molar-refractivity contribution in [3.05, 3.63) is 10.9 Å². The fraction of sp³-hybridized carbons (Fsp3) is 0.625. The lowest BCUT2D eigenvalue weighted by Crippen LogP contribution is -2.25. The molecular formula is C16H26N4S. The second-order valence-electron chi connectivity index (χ2n) is 6.65. The lowest BCUT2D eigenvalue weighted by molar-refractivity contribution is 0.274. The lowest BCUT2D eigenvalue weighted by atomic mass is 9.82. The van der Waals surface area contributed by atoms with Crippen LogP contribution in [0.3, 0.4) is 0 Å². The average molecular weight is 306 g/mol. The van der Waals surface area contributed by atoms with Crippen LogP contribution < -0.4 is 10.6 Å². The molecule has 0 amide bonds. The van der Waals surface area contributed by atoms with E-state index in [4.69, 9.17) is 0 Å². The van der Waals surface area contributed by atoms with Gasteiger partial charge in [0.2, 0.25) is 5.95 Å². The second-order valence-corrected chi connectivity index (χ2v) is 7.88. The number of anilines is 2. The van der Waals surface area contributed by atoms with Gasteiger partial charge in [-0.15, -0.1) is 11.3 Å². The SMILES string of the molecule is CCNc1nc(NCC(C)C(C)(C)C)c2cc(C)sc2n1. The summed E-state index contributed by atoms with van der Waals surface area (Å²) in [7, 11) is 0. The highest BCUT2D eigenvalue weighted by Gasteiger charge is 2.20. The molecule has 5 heteroatoms. The summed E-state index contributed by atoms with van der Waals surface area (Å²) in [5.74, 6) is 2.21. The largest absolute Gasteiger partial charge is 0.369 e. The van der Waals surface area contributed by atoms with Crippen LogP contribution in [0.4, 0.5) is 11.8 Å². The first-order valence-electron chi connectivity index (χ1n) is 7.57. The van der Waals surface area contributed by atoms with Gasteiger partial charge in [-0.3, -0.25) is 0 Å². The predicted octanol–water partition coefficient (Wildman–Crippen LogP) is 4.53. The molecule has 0 spiro atoms. The highest BCUT2D eigenvalue weighted by molar-refractivity contribution is 7.18. The van der Waals surface area contributed by atoms with Crippen molar-refractivity contribution in [1.29, 1.82) is 0 Å². The van der Waals surface area contributed by atoms with Gasteiger partial charge in [-0.25, -0.2) is 4.98 Å². The van der Waals surface area contributed by atoms with Crippen LogP contribution in [0.25, 0.3) is 10.2 Å². The maximum atomic E-state index is 4.63. The zero-order valence-corrected chi connectivity index (χ0v) is 14.7. The van der Waals surface area contributed by atoms with Crippen molar-refractivity contribution in [2.45, 2.75) is 41.5 Å². The summed E-state index contributed by atoms with van der Waals surface area (Å²) in [4.78, 5) is 11.5. The van der Waals surface area contributed by atoms with Gasteiger partial charge in [0.05, 0.1) is 5.39 Å². The first-order valence-corrected chi connectivity index (χ1v) is 8.39. The minimum Gasteiger partial charge on any atom is -0.369 e. The molecule has 0 saturated heterocycles. The Bertz CT molecular complexity index is 612. The summed E-state index contributed by atoms with van der Waals surface area (Å²) in [6, 6.07) is 2.17. The Morgan fingerprint density at radius 1 is 1.24 bits per heavy atom. The fourth-order valence-corrected chi connectivity index (χ4v) is 2.85. The van der Waals surface area contributed by atoms with E-state index in [1.165, 1.54) is 4.88 Å². The average Bonchev–Trinajstić information content (AvgIpc) is 2.75. The molecule has 2 heterocycles. The zero-order chi connectivity index (χ0) is 15.6. The summed E-state index contributed by atoms with van der Waals surface area (Å²) in [6.45, 7) is 15.0. The van der Waals surface area contributed by atoms with E-state index < -0.39 is 0 Å². The third-order valence-electron chi connectivity index (χ3n) is 3.90. The van der Waals surface area contributed by atoms with Crippen LogP contribution >= 0.6 is 11.3 Å². The molecule has 0 aliphatic carbocycles. The van der Waals surface area contributed by atoms with E-state index in [0.717, 1.165) is 29.1 Å². The number of fused-ring (bicyclic) bond motifs is 1. The number of hydrogen-bond acceptors (Lipinski definition) is 5. The van der Waals surface area contributed by atoms with E-state index in [-0.39, 0.29) is 5.41 Å².